The van der Waals surface area contributed by atoms with Gasteiger partial charge < -0.3 is 10.0 Å². The van der Waals surface area contributed by atoms with Gasteiger partial charge in [-0.15, -0.1) is 0 Å². The first-order valence-corrected chi connectivity index (χ1v) is 10.3. The predicted molar refractivity (Wildman–Crippen MR) is 106 cm³/mol. The Morgan fingerprint density at radius 3 is 2.58 bits per heavy atom. The topological polar surface area (TPSA) is 56.7 Å². The van der Waals surface area contributed by atoms with Gasteiger partial charge in [0.1, 0.15) is 16.1 Å². The van der Waals surface area contributed by atoms with Gasteiger partial charge in [0, 0.05) is 45.5 Å². The number of nitrogens with zero attached hydrogens (tertiary/aromatic N) is 3. The van der Waals surface area contributed by atoms with Crippen LogP contribution >= 0.6 is 11.6 Å². The summed E-state index contributed by atoms with van der Waals surface area (Å²) >= 11 is 6.00. The molecule has 2 aromatic rings. The Morgan fingerprint density at radius 1 is 1.15 bits per heavy atom. The minimum atomic E-state index is -1.18. The van der Waals surface area contributed by atoms with E-state index < -0.39 is 11.0 Å². The Balaban J connectivity index is 1.74. The van der Waals surface area contributed by atoms with Gasteiger partial charge >= 0.3 is 0 Å². The van der Waals surface area contributed by atoms with Gasteiger partial charge in [-0.25, -0.2) is 13.5 Å². The maximum atomic E-state index is 13.1. The van der Waals surface area contributed by atoms with Crippen LogP contribution in [0.2, 0.25) is 5.15 Å². The minimum absolute atomic E-state index is 0.219. The first-order chi connectivity index (χ1) is 12.6. The summed E-state index contributed by atoms with van der Waals surface area (Å²) in [5, 5.41) is 9.40. The van der Waals surface area contributed by atoms with E-state index in [-0.39, 0.29) is 6.61 Å². The third-order valence-corrected chi connectivity index (χ3v) is 6.49. The lowest BCUT2D eigenvalue weighted by Crippen LogP contribution is -2.47. The van der Waals surface area contributed by atoms with Crippen LogP contribution in [-0.4, -0.2) is 62.8 Å². The van der Waals surface area contributed by atoms with Crippen LogP contribution in [0.4, 0.5) is 0 Å². The molecule has 1 atom stereocenters. The highest BCUT2D eigenvalue weighted by molar-refractivity contribution is 7.82. The van der Waals surface area contributed by atoms with Crippen molar-refractivity contribution in [1.29, 1.82) is 0 Å². The van der Waals surface area contributed by atoms with E-state index in [1.807, 2.05) is 41.6 Å². The lowest BCUT2D eigenvalue weighted by molar-refractivity contribution is 0.174. The molecule has 3 rings (SSSR count). The van der Waals surface area contributed by atoms with Gasteiger partial charge in [0.05, 0.1) is 4.90 Å². The van der Waals surface area contributed by atoms with Gasteiger partial charge in [0.2, 0.25) is 0 Å². The average Bonchev–Trinajstić information content (AvgIpc) is 2.66. The molecule has 140 valence electrons. The number of hydrogen-bond acceptors (Lipinski definition) is 4. The summed E-state index contributed by atoms with van der Waals surface area (Å²) < 4.78 is 15.2. The van der Waals surface area contributed by atoms with Gasteiger partial charge in [0.15, 0.2) is 0 Å². The number of benzene rings is 1. The standard InChI is InChI=1S/C19H24ClN3O2S/c1-15-3-4-16(17-5-6-21-19(20)14-17)13-18(15)26(25)23-10-8-22(9-11-23)7-2-12-24/h3-6,13-14,24H,2,7-12H2,1H3. The van der Waals surface area contributed by atoms with Crippen molar-refractivity contribution < 1.29 is 9.32 Å². The molecule has 1 unspecified atom stereocenters. The summed E-state index contributed by atoms with van der Waals surface area (Å²) in [5.74, 6) is 0. The van der Waals surface area contributed by atoms with Crippen molar-refractivity contribution in [3.8, 4) is 11.1 Å². The Labute approximate surface area is 162 Å². The molecule has 0 radical (unpaired) electrons. The van der Waals surface area contributed by atoms with E-state index in [0.29, 0.717) is 5.15 Å². The molecule has 5 nitrogen and oxygen atoms in total. The molecule has 1 N–H and O–H groups in total. The monoisotopic (exact) mass is 393 g/mol. The number of piperazine rings is 1. The highest BCUT2D eigenvalue weighted by Crippen LogP contribution is 2.26. The summed E-state index contributed by atoms with van der Waals surface area (Å²) in [5.41, 5.74) is 2.98. The normalized spacial score (nSPS) is 17.3. The third kappa shape index (κ3) is 4.69. The summed E-state index contributed by atoms with van der Waals surface area (Å²) in [6.07, 6.45) is 2.47. The zero-order chi connectivity index (χ0) is 18.5. The molecular formula is C19H24ClN3O2S. The van der Waals surface area contributed by atoms with Gasteiger partial charge in [0.25, 0.3) is 0 Å². The molecule has 2 heterocycles. The van der Waals surface area contributed by atoms with E-state index in [9.17, 15) is 4.21 Å². The van der Waals surface area contributed by atoms with E-state index in [1.54, 1.807) is 6.20 Å². The summed E-state index contributed by atoms with van der Waals surface area (Å²) in [6, 6.07) is 9.75. The van der Waals surface area contributed by atoms with Gasteiger partial charge in [-0.05, 0) is 48.2 Å². The fourth-order valence-electron chi connectivity index (χ4n) is 3.10. The summed E-state index contributed by atoms with van der Waals surface area (Å²) in [6.45, 7) is 6.40. The zero-order valence-electron chi connectivity index (χ0n) is 14.9. The number of halogens is 1. The van der Waals surface area contributed by atoms with Gasteiger partial charge in [-0.3, -0.25) is 0 Å². The number of pyridine rings is 1. The largest absolute Gasteiger partial charge is 0.396 e. The maximum Gasteiger partial charge on any atom is 0.129 e. The quantitative estimate of drug-likeness (QED) is 0.767. The number of aliphatic hydroxyl groups is 1. The number of rotatable bonds is 6. The molecule has 0 saturated carbocycles. The lowest BCUT2D eigenvalue weighted by Gasteiger charge is -2.33. The molecule has 0 bridgehead atoms. The van der Waals surface area contributed by atoms with E-state index in [1.165, 1.54) is 0 Å². The van der Waals surface area contributed by atoms with Crippen molar-refractivity contribution in [3.05, 3.63) is 47.2 Å². The first-order valence-electron chi connectivity index (χ1n) is 8.81. The maximum absolute atomic E-state index is 13.1. The van der Waals surface area contributed by atoms with Crippen LogP contribution in [0, 0.1) is 6.92 Å². The number of aliphatic hydroxyl groups excluding tert-OH is 1. The van der Waals surface area contributed by atoms with Crippen molar-refractivity contribution in [3.63, 3.8) is 0 Å². The Bertz CT molecular complexity index is 779. The van der Waals surface area contributed by atoms with E-state index in [4.69, 9.17) is 16.7 Å². The van der Waals surface area contributed by atoms with E-state index >= 15 is 0 Å². The Kier molecular flexibility index (Phi) is 6.78. The van der Waals surface area contributed by atoms with E-state index in [0.717, 1.165) is 60.7 Å². The SMILES string of the molecule is Cc1ccc(-c2ccnc(Cl)c2)cc1S(=O)N1CCN(CCCO)CC1. The lowest BCUT2D eigenvalue weighted by atomic mass is 10.1. The molecule has 1 aromatic carbocycles. The van der Waals surface area contributed by atoms with Crippen molar-refractivity contribution in [2.45, 2.75) is 18.2 Å². The molecule has 7 heteroatoms. The highest BCUT2D eigenvalue weighted by Gasteiger charge is 2.23. The fourth-order valence-corrected chi connectivity index (χ4v) is 4.62. The second-order valence-corrected chi connectivity index (χ2v) is 8.29. The molecule has 1 saturated heterocycles. The number of hydrogen-bond donors (Lipinski definition) is 1. The van der Waals surface area contributed by atoms with Gasteiger partial charge in [-0.1, -0.05) is 23.7 Å². The first kappa shape index (κ1) is 19.5. The van der Waals surface area contributed by atoms with Crippen molar-refractivity contribution in [2.24, 2.45) is 0 Å². The van der Waals surface area contributed by atoms with E-state index in [2.05, 4.69) is 9.88 Å². The predicted octanol–water partition coefficient (Wildman–Crippen LogP) is 2.73. The molecule has 1 aliphatic rings. The summed E-state index contributed by atoms with van der Waals surface area (Å²) in [7, 11) is -1.18. The molecule has 0 spiro atoms. The van der Waals surface area contributed by atoms with Crippen LogP contribution in [-0.2, 0) is 11.0 Å². The second kappa shape index (κ2) is 9.06. The van der Waals surface area contributed by atoms with Crippen LogP contribution in [0.25, 0.3) is 11.1 Å². The molecule has 1 fully saturated rings. The second-order valence-electron chi connectivity index (χ2n) is 6.44. The van der Waals surface area contributed by atoms with Crippen LogP contribution < -0.4 is 0 Å². The van der Waals surface area contributed by atoms with Crippen LogP contribution in [0.3, 0.4) is 0 Å². The van der Waals surface area contributed by atoms with Crippen molar-refractivity contribution in [1.82, 2.24) is 14.2 Å². The number of aryl methyl sites for hydroxylation is 1. The molecule has 0 aliphatic carbocycles. The average molecular weight is 394 g/mol. The van der Waals surface area contributed by atoms with Crippen molar-refractivity contribution >= 4 is 22.6 Å². The van der Waals surface area contributed by atoms with Crippen molar-refractivity contribution in [2.75, 3.05) is 39.3 Å². The number of aromatic nitrogens is 1. The zero-order valence-corrected chi connectivity index (χ0v) is 16.5. The van der Waals surface area contributed by atoms with Gasteiger partial charge in [-0.2, -0.15) is 0 Å². The smallest absolute Gasteiger partial charge is 0.129 e. The molecule has 26 heavy (non-hydrogen) atoms. The summed E-state index contributed by atoms with van der Waals surface area (Å²) in [4.78, 5) is 7.18. The Hall–Kier alpha value is -1.31. The third-order valence-electron chi connectivity index (χ3n) is 4.63. The fraction of sp³-hybridized carbons (Fsp3) is 0.421. The minimum Gasteiger partial charge on any atom is -0.396 e. The van der Waals surface area contributed by atoms with Crippen LogP contribution in [0.1, 0.15) is 12.0 Å². The highest BCUT2D eigenvalue weighted by atomic mass is 35.5. The molecule has 1 aliphatic heterocycles. The Morgan fingerprint density at radius 2 is 1.88 bits per heavy atom. The molecule has 1 aromatic heterocycles. The molecule has 0 amide bonds. The van der Waals surface area contributed by atoms with Crippen LogP contribution in [0.15, 0.2) is 41.4 Å². The molecular weight excluding hydrogens is 370 g/mol. The van der Waals surface area contributed by atoms with Crippen LogP contribution in [0.5, 0.6) is 0 Å².